The molecule has 0 saturated carbocycles. The van der Waals surface area contributed by atoms with Crippen LogP contribution in [-0.2, 0) is 4.74 Å². The highest BCUT2D eigenvalue weighted by molar-refractivity contribution is 5.78. The summed E-state index contributed by atoms with van der Waals surface area (Å²) in [6, 6.07) is 0.153. The predicted octanol–water partition coefficient (Wildman–Crippen LogP) is -0.549. The van der Waals surface area contributed by atoms with Gasteiger partial charge in [0.1, 0.15) is 0 Å². The van der Waals surface area contributed by atoms with Crippen LogP contribution in [0.15, 0.2) is 4.99 Å². The zero-order valence-electron chi connectivity index (χ0n) is 8.79. The van der Waals surface area contributed by atoms with Crippen LogP contribution < -0.4 is 11.1 Å². The second-order valence-corrected chi connectivity index (χ2v) is 3.97. The molecule has 1 atom stereocenters. The van der Waals surface area contributed by atoms with Gasteiger partial charge in [-0.25, -0.2) is 0 Å². The number of nitrogens with two attached hydrogens (primary N) is 1. The van der Waals surface area contributed by atoms with E-state index in [1.807, 2.05) is 13.8 Å². The lowest BCUT2D eigenvalue weighted by Gasteiger charge is -2.26. The van der Waals surface area contributed by atoms with Gasteiger partial charge >= 0.3 is 0 Å². The first kappa shape index (κ1) is 11.3. The van der Waals surface area contributed by atoms with Crippen molar-refractivity contribution in [3.8, 4) is 0 Å². The van der Waals surface area contributed by atoms with E-state index in [9.17, 15) is 5.11 Å². The summed E-state index contributed by atoms with van der Waals surface area (Å²) >= 11 is 0. The number of rotatable bonds is 3. The molecule has 0 aliphatic carbocycles. The van der Waals surface area contributed by atoms with Crippen molar-refractivity contribution in [3.05, 3.63) is 0 Å². The second-order valence-electron chi connectivity index (χ2n) is 3.97. The molecule has 5 heteroatoms. The molecule has 4 N–H and O–H groups in total. The third kappa shape index (κ3) is 2.85. The Bertz CT molecular complexity index is 210. The summed E-state index contributed by atoms with van der Waals surface area (Å²) in [6.45, 7) is 5.05. The molecule has 1 heterocycles. The third-order valence-electron chi connectivity index (χ3n) is 2.20. The van der Waals surface area contributed by atoms with Gasteiger partial charge in [-0.3, -0.25) is 4.99 Å². The van der Waals surface area contributed by atoms with E-state index in [0.717, 1.165) is 6.42 Å². The molecule has 0 aromatic carbocycles. The van der Waals surface area contributed by atoms with Crippen molar-refractivity contribution in [2.45, 2.75) is 31.8 Å². The van der Waals surface area contributed by atoms with Crippen LogP contribution in [0.4, 0.5) is 0 Å². The van der Waals surface area contributed by atoms with Gasteiger partial charge in [0, 0.05) is 12.6 Å². The van der Waals surface area contributed by atoms with Crippen LogP contribution in [-0.4, -0.2) is 42.5 Å². The van der Waals surface area contributed by atoms with E-state index in [0.29, 0.717) is 19.2 Å². The molecule has 0 aromatic heterocycles. The van der Waals surface area contributed by atoms with Crippen LogP contribution in [0.3, 0.4) is 0 Å². The summed E-state index contributed by atoms with van der Waals surface area (Å²) in [5, 5.41) is 12.3. The Morgan fingerprint density at radius 2 is 2.43 bits per heavy atom. The first-order valence-electron chi connectivity index (χ1n) is 4.88. The van der Waals surface area contributed by atoms with E-state index in [-0.39, 0.29) is 12.6 Å². The van der Waals surface area contributed by atoms with Crippen LogP contribution in [0.1, 0.15) is 20.3 Å². The van der Waals surface area contributed by atoms with Gasteiger partial charge in [-0.05, 0) is 20.3 Å². The van der Waals surface area contributed by atoms with Crippen molar-refractivity contribution in [1.29, 1.82) is 0 Å². The molecule has 1 saturated heterocycles. The molecule has 5 nitrogen and oxygen atoms in total. The number of guanidine groups is 1. The molecular formula is C9H19N3O2. The molecule has 0 aromatic rings. The van der Waals surface area contributed by atoms with Crippen LogP contribution >= 0.6 is 0 Å². The van der Waals surface area contributed by atoms with Crippen molar-refractivity contribution >= 4 is 5.96 Å². The Balaban J connectivity index is 2.56. The molecular weight excluding hydrogens is 182 g/mol. The van der Waals surface area contributed by atoms with E-state index in [4.69, 9.17) is 10.5 Å². The fourth-order valence-corrected chi connectivity index (χ4v) is 1.45. The summed E-state index contributed by atoms with van der Waals surface area (Å²) in [4.78, 5) is 4.15. The smallest absolute Gasteiger partial charge is 0.189 e. The van der Waals surface area contributed by atoms with Gasteiger partial charge in [-0.1, -0.05) is 0 Å². The minimum absolute atomic E-state index is 0.0152. The lowest BCUT2D eigenvalue weighted by Crippen LogP contribution is -2.54. The molecule has 14 heavy (non-hydrogen) atoms. The first-order valence-corrected chi connectivity index (χ1v) is 4.88. The monoisotopic (exact) mass is 201 g/mol. The average Bonchev–Trinajstić information content (AvgIpc) is 2.52. The molecule has 0 spiro atoms. The lowest BCUT2D eigenvalue weighted by atomic mass is 10.0. The highest BCUT2D eigenvalue weighted by atomic mass is 16.5. The number of ether oxygens (including phenoxy) is 1. The zero-order valence-corrected chi connectivity index (χ0v) is 8.79. The number of hydrogen-bond acceptors (Lipinski definition) is 3. The normalized spacial score (nSPS) is 28.4. The number of aliphatic imine (C=N–C) groups is 1. The van der Waals surface area contributed by atoms with Crippen molar-refractivity contribution in [2.24, 2.45) is 10.7 Å². The summed E-state index contributed by atoms with van der Waals surface area (Å²) in [6.07, 6.45) is 0.762. The molecule has 0 bridgehead atoms. The number of hydrogen-bond donors (Lipinski definition) is 3. The first-order chi connectivity index (χ1) is 6.58. The van der Waals surface area contributed by atoms with Gasteiger partial charge in [0.25, 0.3) is 0 Å². The Hall–Kier alpha value is -0.810. The van der Waals surface area contributed by atoms with E-state index in [1.165, 1.54) is 0 Å². The van der Waals surface area contributed by atoms with E-state index in [2.05, 4.69) is 10.3 Å². The lowest BCUT2D eigenvalue weighted by molar-refractivity contribution is 0.133. The fraction of sp³-hybridized carbons (Fsp3) is 0.889. The number of nitrogens with zero attached hydrogens (tertiary/aromatic N) is 1. The molecule has 1 aliphatic heterocycles. The standard InChI is InChI=1S/C9H19N3O2/c1-7(2)11-8(10)12-9(5-13)3-4-14-6-9/h7,13H,3-6H2,1-2H3,(H3,10,11,12). The van der Waals surface area contributed by atoms with E-state index < -0.39 is 5.54 Å². The minimum Gasteiger partial charge on any atom is -0.394 e. The van der Waals surface area contributed by atoms with Crippen LogP contribution in [0, 0.1) is 0 Å². The van der Waals surface area contributed by atoms with Gasteiger partial charge < -0.3 is 20.9 Å². The SMILES string of the molecule is CC(C)N=C(N)NC1(CO)CCOC1. The quantitative estimate of drug-likeness (QED) is 0.423. The Kier molecular flexibility index (Phi) is 3.71. The van der Waals surface area contributed by atoms with Crippen molar-refractivity contribution in [2.75, 3.05) is 19.8 Å². The van der Waals surface area contributed by atoms with Crippen LogP contribution in [0.5, 0.6) is 0 Å². The topological polar surface area (TPSA) is 79.9 Å². The van der Waals surface area contributed by atoms with Gasteiger partial charge in [-0.2, -0.15) is 0 Å². The Morgan fingerprint density at radius 3 is 2.86 bits per heavy atom. The number of aliphatic hydroxyl groups is 1. The number of nitrogens with one attached hydrogen (secondary N) is 1. The molecule has 1 aliphatic rings. The molecule has 1 rings (SSSR count). The highest BCUT2D eigenvalue weighted by Gasteiger charge is 2.34. The van der Waals surface area contributed by atoms with Crippen LogP contribution in [0.2, 0.25) is 0 Å². The average molecular weight is 201 g/mol. The van der Waals surface area contributed by atoms with Crippen LogP contribution in [0.25, 0.3) is 0 Å². The van der Waals surface area contributed by atoms with Crippen molar-refractivity contribution in [3.63, 3.8) is 0 Å². The molecule has 1 unspecified atom stereocenters. The fourth-order valence-electron chi connectivity index (χ4n) is 1.45. The molecule has 1 fully saturated rings. The predicted molar refractivity (Wildman–Crippen MR) is 55.1 cm³/mol. The van der Waals surface area contributed by atoms with E-state index >= 15 is 0 Å². The number of aliphatic hydroxyl groups excluding tert-OH is 1. The maximum atomic E-state index is 9.25. The summed E-state index contributed by atoms with van der Waals surface area (Å²) in [5.74, 6) is 0.375. The largest absolute Gasteiger partial charge is 0.394 e. The van der Waals surface area contributed by atoms with Crippen molar-refractivity contribution < 1.29 is 9.84 Å². The van der Waals surface area contributed by atoms with Gasteiger partial charge in [0.15, 0.2) is 5.96 Å². The molecule has 0 amide bonds. The highest BCUT2D eigenvalue weighted by Crippen LogP contribution is 2.17. The molecule has 0 radical (unpaired) electrons. The van der Waals surface area contributed by atoms with Crippen molar-refractivity contribution in [1.82, 2.24) is 5.32 Å². The van der Waals surface area contributed by atoms with Gasteiger partial charge in [-0.15, -0.1) is 0 Å². The third-order valence-corrected chi connectivity index (χ3v) is 2.20. The van der Waals surface area contributed by atoms with Gasteiger partial charge in [0.2, 0.25) is 0 Å². The Morgan fingerprint density at radius 1 is 1.71 bits per heavy atom. The Labute approximate surface area is 84.3 Å². The zero-order chi connectivity index (χ0) is 10.6. The second kappa shape index (κ2) is 4.61. The van der Waals surface area contributed by atoms with E-state index in [1.54, 1.807) is 0 Å². The molecule has 82 valence electrons. The summed E-state index contributed by atoms with van der Waals surface area (Å²) < 4.78 is 5.22. The maximum absolute atomic E-state index is 9.25. The summed E-state index contributed by atoms with van der Waals surface area (Å²) in [5.41, 5.74) is 5.26. The maximum Gasteiger partial charge on any atom is 0.189 e. The summed E-state index contributed by atoms with van der Waals surface area (Å²) in [7, 11) is 0. The minimum atomic E-state index is -0.428. The van der Waals surface area contributed by atoms with Gasteiger partial charge in [0.05, 0.1) is 18.8 Å².